The summed E-state index contributed by atoms with van der Waals surface area (Å²) in [5, 5.41) is 19.2. The van der Waals surface area contributed by atoms with Crippen molar-refractivity contribution in [3.05, 3.63) is 46.0 Å². The highest BCUT2D eigenvalue weighted by Crippen LogP contribution is 2.29. The molecule has 0 saturated carbocycles. The van der Waals surface area contributed by atoms with Crippen LogP contribution < -0.4 is 0 Å². The van der Waals surface area contributed by atoms with Crippen molar-refractivity contribution < 1.29 is 14.8 Å². The minimum atomic E-state index is -2.60. The Morgan fingerprint density at radius 3 is 2.29 bits per heavy atom. The maximum Gasteiger partial charge on any atom is 0.415 e. The third-order valence-electron chi connectivity index (χ3n) is 1.69. The Hall–Kier alpha value is -1.62. The molecule has 0 fully saturated rings. The highest BCUT2D eigenvalue weighted by atomic mass is 35.5. The first-order valence-electron chi connectivity index (χ1n) is 3.62. The van der Waals surface area contributed by atoms with Crippen molar-refractivity contribution in [1.82, 2.24) is 0 Å². The van der Waals surface area contributed by atoms with Gasteiger partial charge in [0.25, 0.3) is 0 Å². The van der Waals surface area contributed by atoms with Crippen LogP contribution in [0.5, 0.6) is 0 Å². The third-order valence-corrected chi connectivity index (χ3v) is 2.21. The van der Waals surface area contributed by atoms with Crippen LogP contribution in [-0.2, 0) is 9.79 Å². The number of alkyl halides is 1. The smallest absolute Gasteiger partial charge is 0.415 e. The summed E-state index contributed by atoms with van der Waals surface area (Å²) in [5.41, 5.74) is -0.0702. The van der Waals surface area contributed by atoms with Gasteiger partial charge in [-0.3, -0.25) is 10.1 Å². The molecule has 1 aromatic rings. The molecule has 6 heteroatoms. The topological polar surface area (TPSA) is 80.4 Å². The van der Waals surface area contributed by atoms with Crippen LogP contribution in [0.1, 0.15) is 5.56 Å². The van der Waals surface area contributed by atoms with Gasteiger partial charge in [-0.1, -0.05) is 18.2 Å². The molecule has 1 N–H and O–H groups in total. The number of benzene rings is 1. The Balaban J connectivity index is 3.27. The number of aliphatic carboxylic acids is 1. The van der Waals surface area contributed by atoms with Crippen molar-refractivity contribution >= 4 is 17.6 Å². The van der Waals surface area contributed by atoms with E-state index < -0.39 is 15.9 Å². The van der Waals surface area contributed by atoms with Gasteiger partial charge >= 0.3 is 11.0 Å². The lowest BCUT2D eigenvalue weighted by molar-refractivity contribution is -0.536. The number of halogens is 1. The molecule has 5 nitrogen and oxygen atoms in total. The lowest BCUT2D eigenvalue weighted by atomic mass is 10.1. The van der Waals surface area contributed by atoms with Crippen molar-refractivity contribution in [2.75, 3.05) is 0 Å². The maximum atomic E-state index is 10.7. The zero-order chi connectivity index (χ0) is 10.8. The normalized spacial score (nSPS) is 14.4. The molecule has 1 rings (SSSR count). The predicted octanol–water partition coefficient (Wildman–Crippen LogP) is 1.44. The molecule has 0 radical (unpaired) electrons. The molecule has 0 aromatic heterocycles. The van der Waals surface area contributed by atoms with Crippen LogP contribution >= 0.6 is 11.6 Å². The summed E-state index contributed by atoms with van der Waals surface area (Å²) in [6.45, 7) is 0. The number of nitro groups is 1. The van der Waals surface area contributed by atoms with E-state index in [9.17, 15) is 14.9 Å². The summed E-state index contributed by atoms with van der Waals surface area (Å²) in [6.07, 6.45) is 0. The van der Waals surface area contributed by atoms with Crippen LogP contribution in [0, 0.1) is 10.1 Å². The van der Waals surface area contributed by atoms with E-state index in [1.807, 2.05) is 0 Å². The maximum absolute atomic E-state index is 10.7. The minimum Gasteiger partial charge on any atom is -0.475 e. The summed E-state index contributed by atoms with van der Waals surface area (Å²) < 4.78 is 0. The van der Waals surface area contributed by atoms with Crippen LogP contribution in [0.3, 0.4) is 0 Å². The summed E-state index contributed by atoms with van der Waals surface area (Å²) in [7, 11) is 0. The number of rotatable bonds is 3. The van der Waals surface area contributed by atoms with E-state index in [1.165, 1.54) is 24.3 Å². The molecule has 0 amide bonds. The minimum absolute atomic E-state index is 0.0702. The van der Waals surface area contributed by atoms with Gasteiger partial charge in [0.05, 0.1) is 10.5 Å². The Bertz CT molecular complexity index is 351. The first-order valence-corrected chi connectivity index (χ1v) is 3.99. The van der Waals surface area contributed by atoms with E-state index in [4.69, 9.17) is 16.7 Å². The standard InChI is InChI=1S/C8H6ClNO4/c9-8(7(11)12,10(13)14)6-4-2-1-3-5-6/h1-5H,(H,11,12). The van der Waals surface area contributed by atoms with Gasteiger partial charge in [-0.15, -0.1) is 0 Å². The van der Waals surface area contributed by atoms with Crippen LogP contribution in [0.25, 0.3) is 0 Å². The Kier molecular flexibility index (Phi) is 2.71. The van der Waals surface area contributed by atoms with Crippen molar-refractivity contribution in [2.24, 2.45) is 0 Å². The highest BCUT2D eigenvalue weighted by molar-refractivity contribution is 6.32. The van der Waals surface area contributed by atoms with Gasteiger partial charge in [0, 0.05) is 0 Å². The zero-order valence-corrected chi connectivity index (χ0v) is 7.64. The van der Waals surface area contributed by atoms with Crippen molar-refractivity contribution in [1.29, 1.82) is 0 Å². The van der Waals surface area contributed by atoms with E-state index in [-0.39, 0.29) is 5.56 Å². The first-order chi connectivity index (χ1) is 6.49. The summed E-state index contributed by atoms with van der Waals surface area (Å²) >= 11 is 5.44. The SMILES string of the molecule is O=C(O)C(Cl)(c1ccccc1)[N+](=O)[O-]. The largest absolute Gasteiger partial charge is 0.475 e. The van der Waals surface area contributed by atoms with Gasteiger partial charge in [-0.25, -0.2) is 4.79 Å². The molecule has 0 aliphatic carbocycles. The van der Waals surface area contributed by atoms with Crippen LogP contribution in [0.2, 0.25) is 0 Å². The van der Waals surface area contributed by atoms with Crippen molar-refractivity contribution in [3.63, 3.8) is 0 Å². The molecule has 0 aliphatic heterocycles. The molecule has 14 heavy (non-hydrogen) atoms. The van der Waals surface area contributed by atoms with E-state index in [0.29, 0.717) is 0 Å². The van der Waals surface area contributed by atoms with Crippen molar-refractivity contribution in [2.45, 2.75) is 5.00 Å². The molecule has 1 atom stereocenters. The quantitative estimate of drug-likeness (QED) is 0.358. The summed E-state index contributed by atoms with van der Waals surface area (Å²) in [6, 6.07) is 7.17. The first kappa shape index (κ1) is 10.5. The number of carbonyl (C=O) groups is 1. The fraction of sp³-hybridized carbons (Fsp3) is 0.125. The van der Waals surface area contributed by atoms with E-state index in [2.05, 4.69) is 0 Å². The van der Waals surface area contributed by atoms with Gasteiger partial charge in [0.15, 0.2) is 0 Å². The summed E-state index contributed by atoms with van der Waals surface area (Å²) in [4.78, 5) is 17.6. The van der Waals surface area contributed by atoms with E-state index in [1.54, 1.807) is 6.07 Å². The highest BCUT2D eigenvalue weighted by Gasteiger charge is 2.51. The van der Waals surface area contributed by atoms with Crippen molar-refractivity contribution in [3.8, 4) is 0 Å². The van der Waals surface area contributed by atoms with Gasteiger partial charge in [-0.05, 0) is 23.7 Å². The molecule has 0 heterocycles. The van der Waals surface area contributed by atoms with Gasteiger partial charge in [-0.2, -0.15) is 0 Å². The average molecular weight is 216 g/mol. The second kappa shape index (κ2) is 3.63. The molecule has 0 aliphatic rings. The van der Waals surface area contributed by atoms with Crippen LogP contribution in [0.15, 0.2) is 30.3 Å². The Morgan fingerprint density at radius 1 is 1.43 bits per heavy atom. The number of hydrogen-bond donors (Lipinski definition) is 1. The van der Waals surface area contributed by atoms with Gasteiger partial charge < -0.3 is 5.11 Å². The number of nitrogens with zero attached hydrogens (tertiary/aromatic N) is 1. The van der Waals surface area contributed by atoms with Gasteiger partial charge in [0.2, 0.25) is 0 Å². The third kappa shape index (κ3) is 1.54. The molecule has 74 valence electrons. The zero-order valence-electron chi connectivity index (χ0n) is 6.88. The average Bonchev–Trinajstić information content (AvgIpc) is 2.17. The number of hydrogen-bond acceptors (Lipinski definition) is 3. The molecule has 0 bridgehead atoms. The molecule has 1 unspecified atom stereocenters. The van der Waals surface area contributed by atoms with E-state index in [0.717, 1.165) is 0 Å². The lowest BCUT2D eigenvalue weighted by Crippen LogP contribution is -2.37. The number of carboxylic acids is 1. The molecule has 1 aromatic carbocycles. The fourth-order valence-corrected chi connectivity index (χ4v) is 1.09. The van der Waals surface area contributed by atoms with Gasteiger partial charge in [0.1, 0.15) is 0 Å². The monoisotopic (exact) mass is 215 g/mol. The molecule has 0 spiro atoms. The van der Waals surface area contributed by atoms with Crippen LogP contribution in [-0.4, -0.2) is 16.0 Å². The molecular weight excluding hydrogens is 210 g/mol. The molecular formula is C8H6ClNO4. The van der Waals surface area contributed by atoms with E-state index >= 15 is 0 Å². The fourth-order valence-electron chi connectivity index (χ4n) is 0.966. The summed E-state index contributed by atoms with van der Waals surface area (Å²) in [5.74, 6) is -1.70. The van der Waals surface area contributed by atoms with Crippen LogP contribution in [0.4, 0.5) is 0 Å². The number of carboxylic acid groups (broad SMARTS) is 1. The lowest BCUT2D eigenvalue weighted by Gasteiger charge is -2.12. The predicted molar refractivity (Wildman–Crippen MR) is 48.6 cm³/mol. The Morgan fingerprint density at radius 2 is 1.93 bits per heavy atom. The molecule has 0 saturated heterocycles. The second-order valence-electron chi connectivity index (χ2n) is 2.55. The Labute approximate surface area is 84.1 Å². The second-order valence-corrected chi connectivity index (χ2v) is 3.10.